The van der Waals surface area contributed by atoms with Gasteiger partial charge in [0, 0.05) is 0 Å². The quantitative estimate of drug-likeness (QED) is 0.310. The van der Waals surface area contributed by atoms with E-state index in [0.717, 1.165) is 48.7 Å². The van der Waals surface area contributed by atoms with Gasteiger partial charge in [0.25, 0.3) is 0 Å². The molecule has 4 nitrogen and oxygen atoms in total. The van der Waals surface area contributed by atoms with Gasteiger partial charge in [0.1, 0.15) is 11.5 Å². The molecule has 0 aromatic heterocycles. The Kier molecular flexibility index (Phi) is 12.7. The summed E-state index contributed by atoms with van der Waals surface area (Å²) < 4.78 is 11.5. The minimum Gasteiger partial charge on any atom is -0.494 e. The summed E-state index contributed by atoms with van der Waals surface area (Å²) in [5.41, 5.74) is 1.79. The van der Waals surface area contributed by atoms with Crippen LogP contribution in [0.1, 0.15) is 75.3 Å². The van der Waals surface area contributed by atoms with Crippen molar-refractivity contribution < 1.29 is 19.7 Å². The molecular formula is C26H38O4. The van der Waals surface area contributed by atoms with Gasteiger partial charge < -0.3 is 19.7 Å². The molecule has 2 aromatic rings. The highest BCUT2D eigenvalue weighted by Gasteiger charge is 1.98. The number of hydrogen-bond donors (Lipinski definition) is 2. The molecule has 0 fully saturated rings. The maximum atomic E-state index is 9.14. The lowest BCUT2D eigenvalue weighted by Crippen LogP contribution is -1.98. The molecule has 0 radical (unpaired) electrons. The molecule has 4 heteroatoms. The van der Waals surface area contributed by atoms with Crippen LogP contribution in [-0.2, 0) is 13.2 Å². The molecular weight excluding hydrogens is 376 g/mol. The molecule has 0 amide bonds. The highest BCUT2D eigenvalue weighted by Crippen LogP contribution is 2.16. The smallest absolute Gasteiger partial charge is 0.119 e. The van der Waals surface area contributed by atoms with Gasteiger partial charge in [-0.2, -0.15) is 0 Å². The summed E-state index contributed by atoms with van der Waals surface area (Å²) in [4.78, 5) is 0. The van der Waals surface area contributed by atoms with E-state index in [1.165, 1.54) is 51.4 Å². The molecule has 0 unspecified atom stereocenters. The van der Waals surface area contributed by atoms with E-state index in [-0.39, 0.29) is 13.2 Å². The second-order valence-electron chi connectivity index (χ2n) is 7.84. The molecule has 2 rings (SSSR count). The number of hydrogen-bond acceptors (Lipinski definition) is 4. The SMILES string of the molecule is OCc1cccc(OCCCCCCCCCCCCOc2cccc(CO)c2)c1. The van der Waals surface area contributed by atoms with E-state index in [9.17, 15) is 0 Å². The molecule has 166 valence electrons. The number of unbranched alkanes of at least 4 members (excludes halogenated alkanes) is 9. The average molecular weight is 415 g/mol. The third kappa shape index (κ3) is 10.7. The van der Waals surface area contributed by atoms with Crippen LogP contribution in [0.15, 0.2) is 48.5 Å². The van der Waals surface area contributed by atoms with Crippen LogP contribution >= 0.6 is 0 Å². The summed E-state index contributed by atoms with van der Waals surface area (Å²) in [6.07, 6.45) is 12.4. The van der Waals surface area contributed by atoms with Crippen molar-refractivity contribution in [2.45, 2.75) is 77.4 Å². The molecule has 2 N–H and O–H groups in total. The molecule has 0 saturated carbocycles. The standard InChI is InChI=1S/C26H38O4/c27-21-23-13-11-15-25(19-23)29-17-9-7-5-3-1-2-4-6-8-10-18-30-26-16-12-14-24(20-26)22-28/h11-16,19-20,27-28H,1-10,17-18,21-22H2. The topological polar surface area (TPSA) is 58.9 Å². The van der Waals surface area contributed by atoms with E-state index in [1.54, 1.807) is 0 Å². The Bertz CT molecular complexity index is 627. The third-order valence-corrected chi connectivity index (χ3v) is 5.24. The highest BCUT2D eigenvalue weighted by atomic mass is 16.5. The van der Waals surface area contributed by atoms with Crippen LogP contribution in [0.5, 0.6) is 11.5 Å². The van der Waals surface area contributed by atoms with Crippen molar-refractivity contribution in [2.24, 2.45) is 0 Å². The first-order valence-electron chi connectivity index (χ1n) is 11.5. The largest absolute Gasteiger partial charge is 0.494 e. The van der Waals surface area contributed by atoms with E-state index in [0.29, 0.717) is 0 Å². The van der Waals surface area contributed by atoms with E-state index in [2.05, 4.69) is 0 Å². The average Bonchev–Trinajstić information content (AvgIpc) is 2.79. The Morgan fingerprint density at radius 1 is 0.500 bits per heavy atom. The lowest BCUT2D eigenvalue weighted by atomic mass is 10.1. The van der Waals surface area contributed by atoms with E-state index in [1.807, 2.05) is 48.5 Å². The zero-order valence-corrected chi connectivity index (χ0v) is 18.2. The monoisotopic (exact) mass is 414 g/mol. The lowest BCUT2D eigenvalue weighted by molar-refractivity contribution is 0.278. The second-order valence-corrected chi connectivity index (χ2v) is 7.84. The fourth-order valence-corrected chi connectivity index (χ4v) is 3.47. The predicted octanol–water partition coefficient (Wildman–Crippen LogP) is 6.03. The molecule has 0 saturated heterocycles. The van der Waals surface area contributed by atoms with Gasteiger partial charge in [-0.3, -0.25) is 0 Å². The maximum Gasteiger partial charge on any atom is 0.119 e. The van der Waals surface area contributed by atoms with Crippen LogP contribution in [0, 0.1) is 0 Å². The van der Waals surface area contributed by atoms with E-state index in [4.69, 9.17) is 19.7 Å². The molecule has 2 aromatic carbocycles. The second kappa shape index (κ2) is 15.8. The number of benzene rings is 2. The van der Waals surface area contributed by atoms with Crippen LogP contribution in [-0.4, -0.2) is 23.4 Å². The van der Waals surface area contributed by atoms with Crippen molar-refractivity contribution in [1.82, 2.24) is 0 Å². The maximum absolute atomic E-state index is 9.14. The number of aliphatic hydroxyl groups is 2. The van der Waals surface area contributed by atoms with Gasteiger partial charge in [0.05, 0.1) is 26.4 Å². The molecule has 0 heterocycles. The molecule has 0 aliphatic carbocycles. The van der Waals surface area contributed by atoms with Crippen molar-refractivity contribution in [1.29, 1.82) is 0 Å². The van der Waals surface area contributed by atoms with Crippen molar-refractivity contribution in [3.63, 3.8) is 0 Å². The van der Waals surface area contributed by atoms with Crippen LogP contribution in [0.25, 0.3) is 0 Å². The number of ether oxygens (including phenoxy) is 2. The first kappa shape index (κ1) is 24.2. The minimum absolute atomic E-state index is 0.0604. The molecule has 0 aliphatic rings. The lowest BCUT2D eigenvalue weighted by Gasteiger charge is -2.08. The summed E-state index contributed by atoms with van der Waals surface area (Å²) in [5.74, 6) is 1.70. The third-order valence-electron chi connectivity index (χ3n) is 5.24. The van der Waals surface area contributed by atoms with E-state index >= 15 is 0 Å². The van der Waals surface area contributed by atoms with Gasteiger partial charge >= 0.3 is 0 Å². The van der Waals surface area contributed by atoms with Gasteiger partial charge in [-0.25, -0.2) is 0 Å². The molecule has 30 heavy (non-hydrogen) atoms. The van der Waals surface area contributed by atoms with Crippen molar-refractivity contribution in [3.8, 4) is 11.5 Å². The van der Waals surface area contributed by atoms with Crippen molar-refractivity contribution in [2.75, 3.05) is 13.2 Å². The summed E-state index contributed by atoms with van der Waals surface area (Å²) in [6, 6.07) is 15.3. The fraction of sp³-hybridized carbons (Fsp3) is 0.538. The summed E-state index contributed by atoms with van der Waals surface area (Å²) >= 11 is 0. The molecule has 0 spiro atoms. The predicted molar refractivity (Wildman–Crippen MR) is 122 cm³/mol. The fourth-order valence-electron chi connectivity index (χ4n) is 3.47. The van der Waals surface area contributed by atoms with Crippen LogP contribution in [0.4, 0.5) is 0 Å². The zero-order valence-electron chi connectivity index (χ0n) is 18.2. The molecule has 0 bridgehead atoms. The zero-order chi connectivity index (χ0) is 21.3. The molecule has 0 atom stereocenters. The van der Waals surface area contributed by atoms with Crippen molar-refractivity contribution >= 4 is 0 Å². The first-order valence-corrected chi connectivity index (χ1v) is 11.5. The Morgan fingerprint density at radius 2 is 0.867 bits per heavy atom. The number of aliphatic hydroxyl groups excluding tert-OH is 2. The highest BCUT2D eigenvalue weighted by molar-refractivity contribution is 5.28. The Balaban J connectivity index is 1.34. The van der Waals surface area contributed by atoms with Crippen LogP contribution < -0.4 is 9.47 Å². The summed E-state index contributed by atoms with van der Waals surface area (Å²) in [6.45, 7) is 1.62. The summed E-state index contributed by atoms with van der Waals surface area (Å²) in [7, 11) is 0. The van der Waals surface area contributed by atoms with Gasteiger partial charge in [-0.05, 0) is 48.2 Å². The van der Waals surface area contributed by atoms with Crippen molar-refractivity contribution in [3.05, 3.63) is 59.7 Å². The van der Waals surface area contributed by atoms with E-state index < -0.39 is 0 Å². The number of rotatable bonds is 17. The van der Waals surface area contributed by atoms with Gasteiger partial charge in [-0.1, -0.05) is 75.6 Å². The van der Waals surface area contributed by atoms with Gasteiger partial charge in [0.15, 0.2) is 0 Å². The Hall–Kier alpha value is -2.04. The minimum atomic E-state index is 0.0604. The molecule has 0 aliphatic heterocycles. The Labute approximate surface area is 181 Å². The normalized spacial score (nSPS) is 10.9. The van der Waals surface area contributed by atoms with Gasteiger partial charge in [-0.15, -0.1) is 0 Å². The van der Waals surface area contributed by atoms with Crippen LogP contribution in [0.2, 0.25) is 0 Å². The van der Waals surface area contributed by atoms with Gasteiger partial charge in [0.2, 0.25) is 0 Å². The first-order chi connectivity index (χ1) is 14.8. The Morgan fingerprint density at radius 3 is 1.23 bits per heavy atom. The summed E-state index contributed by atoms with van der Waals surface area (Å²) in [5, 5.41) is 18.3. The van der Waals surface area contributed by atoms with Crippen LogP contribution in [0.3, 0.4) is 0 Å².